The summed E-state index contributed by atoms with van der Waals surface area (Å²) in [4.78, 5) is 0. The van der Waals surface area contributed by atoms with Crippen molar-refractivity contribution in [2.75, 3.05) is 0 Å². The zero-order valence-corrected chi connectivity index (χ0v) is 41.5. The molecule has 0 amide bonds. The van der Waals surface area contributed by atoms with Crippen molar-refractivity contribution < 1.29 is 260 Å². The minimum atomic E-state index is 0. The third-order valence-electron chi connectivity index (χ3n) is 0. The van der Waals surface area contributed by atoms with Gasteiger partial charge in [-0.25, -0.2) is 2.65 Å². The van der Waals surface area contributed by atoms with Crippen LogP contribution in [0.4, 0.5) is 0 Å². The van der Waals surface area contributed by atoms with Gasteiger partial charge in [-0.3, -0.25) is 0 Å². The Morgan fingerprint density at radius 2 is 0.737 bits per heavy atom. The van der Waals surface area contributed by atoms with Crippen molar-refractivity contribution in [1.82, 2.24) is 0 Å². The monoisotopic (exact) mass is 541 g/mol. The van der Waals surface area contributed by atoms with Crippen LogP contribution in [0, 0.1) is 7.40 Å². The first-order valence-corrected chi connectivity index (χ1v) is 36.3. The second-order valence-electron chi connectivity index (χ2n) is 0. The van der Waals surface area contributed by atoms with Gasteiger partial charge in [-0.15, -0.1) is 0 Å². The van der Waals surface area contributed by atoms with Crippen molar-refractivity contribution >= 4 is 153 Å². The summed E-state index contributed by atoms with van der Waals surface area (Å²) in [5.41, 5.74) is 0. The number of hydrogen-bond donors (Lipinski definition) is 0. The summed E-state index contributed by atoms with van der Waals surface area (Å²) in [6.45, 7) is 0. The maximum absolute atomic E-state index is 6.14. The zero-order chi connectivity index (χ0) is 8.71. The van der Waals surface area contributed by atoms with Crippen LogP contribution in [-0.2, 0) is 0 Å². The molecule has 0 bridgehead atoms. The molecule has 0 saturated heterocycles. The summed E-state index contributed by atoms with van der Waals surface area (Å²) < 4.78 is 11.6. The van der Waals surface area contributed by atoms with Gasteiger partial charge in [0.2, 0.25) is 0 Å². The Balaban J connectivity index is -0.000000000851. The van der Waals surface area contributed by atoms with Crippen LogP contribution in [0.5, 0.6) is 0 Å². The van der Waals surface area contributed by atoms with Crippen LogP contribution in [0.2, 0.25) is 0 Å². The van der Waals surface area contributed by atoms with Gasteiger partial charge in [0.15, 0.2) is 0 Å². The van der Waals surface area contributed by atoms with Crippen LogP contribution in [0.3, 0.4) is 0 Å². The Kier molecular flexibility index (Phi) is 709. The first-order chi connectivity index (χ1) is 4.41. The Bertz CT molecular complexity index is 43.2. The van der Waals surface area contributed by atoms with E-state index in [0.717, 1.165) is 0 Å². The SMILES string of the molecule is C.C.C.C.C.C.[2H][CH2-].[2H][P-]P.[B].[H-].[K+].[K+].[K+].[K+].[K+].[K][K].[K][K]. The normalized spacial score (nSPS) is 2.84. The first-order valence-electron chi connectivity index (χ1n) is 3.41. The van der Waals surface area contributed by atoms with E-state index in [-0.39, 0.29) is 311 Å². The Morgan fingerprint density at radius 3 is 0.737 bits per heavy atom. The molecule has 19 heavy (non-hydrogen) atoms. The summed E-state index contributed by atoms with van der Waals surface area (Å²) in [6.07, 6.45) is 0. The Labute approximate surface area is 444 Å². The molecule has 12 heteroatoms. The molecule has 0 nitrogen and oxygen atoms in total. The molecule has 0 spiro atoms. The predicted octanol–water partition coefficient (Wildman–Crippen LogP) is -11.6. The van der Waals surface area contributed by atoms with Gasteiger partial charge in [-0.2, -0.15) is 0 Å². The third kappa shape index (κ3) is 138. The summed E-state index contributed by atoms with van der Waals surface area (Å²) in [5.74, 6) is 0. The van der Waals surface area contributed by atoms with Gasteiger partial charge in [-0.05, 0) is 0 Å². The van der Waals surface area contributed by atoms with E-state index in [1.54, 1.807) is 0 Å². The predicted molar refractivity (Wildman–Crippen MR) is 94.7 cm³/mol. The van der Waals surface area contributed by atoms with E-state index in [4.69, 9.17) is 2.65 Å². The summed E-state index contributed by atoms with van der Waals surface area (Å²) in [5, 5.41) is 0. The number of hydrogen-bond acceptors (Lipinski definition) is 0. The maximum atomic E-state index is 6.14. The second-order valence-corrected chi connectivity index (χ2v) is 0. The van der Waals surface area contributed by atoms with Crippen LogP contribution in [-0.4, -0.2) is 136 Å². The molecule has 0 heterocycles. The van der Waals surface area contributed by atoms with E-state index < -0.39 is 0 Å². The van der Waals surface area contributed by atoms with E-state index in [0.29, 0.717) is 8.87 Å². The first kappa shape index (κ1) is 92.0. The van der Waals surface area contributed by atoms with Crippen LogP contribution in [0.25, 0.3) is 0 Å². The summed E-state index contributed by atoms with van der Waals surface area (Å²) in [7, 11) is 5.30. The van der Waals surface area contributed by atoms with E-state index in [2.05, 4.69) is 16.3 Å². The molecule has 0 aromatic heterocycles. The molecule has 79 valence electrons. The van der Waals surface area contributed by atoms with Gasteiger partial charge in [0, 0.05) is 8.41 Å². The Hall–Kier alpha value is 15.7. The van der Waals surface area contributed by atoms with Gasteiger partial charge in [0.05, 0.1) is 0 Å². The minimum absolute atomic E-state index is 0. The van der Waals surface area contributed by atoms with Gasteiger partial charge < -0.3 is 26.6 Å². The van der Waals surface area contributed by atoms with Crippen molar-refractivity contribution in [2.45, 2.75) is 44.6 Å². The third-order valence-corrected chi connectivity index (χ3v) is 0. The molecule has 0 saturated carbocycles. The molecule has 0 aliphatic rings. The molecule has 3 radical (unpaired) electrons. The standard InChI is InChI=1S/6CH4.CH3.B.9K.H3P2.H/c;;;;;;;;;;;;;;;;;1-2;/h6*1H4;1H3;;;;;;;;;;;1H,2H2;/q;;;;;;-1;;;;;;5*+1;2*-1/i;;;;;;1D;;;;;;;;;;;1D;. The van der Waals surface area contributed by atoms with Crippen LogP contribution < -0.4 is 257 Å². The molecule has 0 aliphatic heterocycles. The molecule has 1 atom stereocenters. The number of rotatable bonds is 0. The van der Waals surface area contributed by atoms with E-state index in [1.807, 2.05) is 0 Å². The molecule has 0 aromatic rings. The molecule has 0 fully saturated rings. The second kappa shape index (κ2) is 146. The van der Waals surface area contributed by atoms with Crippen molar-refractivity contribution in [3.8, 4) is 0 Å². The van der Waals surface area contributed by atoms with Crippen LogP contribution in [0.15, 0.2) is 0 Å². The summed E-state index contributed by atoms with van der Waals surface area (Å²) >= 11 is 5.00. The van der Waals surface area contributed by atoms with Crippen molar-refractivity contribution in [1.29, 1.82) is 1.28 Å². The van der Waals surface area contributed by atoms with Gasteiger partial charge >= 0.3 is 383 Å². The fraction of sp³-hybridized carbons (Fsp3) is 0.857. The fourth-order valence-corrected chi connectivity index (χ4v) is 0. The summed E-state index contributed by atoms with van der Waals surface area (Å²) in [6, 6.07) is 0. The van der Waals surface area contributed by atoms with Crippen LogP contribution in [0.1, 0.15) is 47.4 Å². The van der Waals surface area contributed by atoms with Crippen LogP contribution >= 0.6 is 17.8 Å². The molecule has 0 aromatic carbocycles. The van der Waals surface area contributed by atoms with Gasteiger partial charge in [0.25, 0.3) is 0 Å². The molecule has 0 N–H and O–H groups in total. The average molecular weight is 542 g/mol. The zero-order valence-electron chi connectivity index (χ0n) is 14.3. The van der Waals surface area contributed by atoms with E-state index >= 15 is 0 Å². The molecule has 0 rings (SSSR count). The van der Waals surface area contributed by atoms with E-state index in [1.165, 1.54) is 126 Å². The molecule has 0 aliphatic carbocycles. The van der Waals surface area contributed by atoms with Crippen molar-refractivity contribution in [3.63, 3.8) is 0 Å². The van der Waals surface area contributed by atoms with Gasteiger partial charge in [0.1, 0.15) is 0 Å². The van der Waals surface area contributed by atoms with Crippen molar-refractivity contribution in [2.24, 2.45) is 0 Å². The fourth-order valence-electron chi connectivity index (χ4n) is 0. The molecular formula is C7H31BK9P2+2. The van der Waals surface area contributed by atoms with Crippen molar-refractivity contribution in [3.05, 3.63) is 7.40 Å². The topological polar surface area (TPSA) is 0 Å². The van der Waals surface area contributed by atoms with Gasteiger partial charge in [-0.1, -0.05) is 44.6 Å². The quantitative estimate of drug-likeness (QED) is 0.162. The average Bonchev–Trinajstić information content (AvgIpc) is 2.01. The molecule has 1 unspecified atom stereocenters. The van der Waals surface area contributed by atoms with E-state index in [9.17, 15) is 0 Å². The Morgan fingerprint density at radius 1 is 0.737 bits per heavy atom. The molecular weight excluding hydrogens is 509 g/mol.